The molecular weight excluding hydrogens is 288 g/mol. The summed E-state index contributed by atoms with van der Waals surface area (Å²) in [5.74, 6) is -0.757. The first-order chi connectivity index (χ1) is 11.2. The fourth-order valence-electron chi connectivity index (χ4n) is 2.44. The monoisotopic (exact) mass is 310 g/mol. The molecule has 0 fully saturated rings. The molecule has 0 bridgehead atoms. The zero-order valence-corrected chi connectivity index (χ0v) is 13.1. The third-order valence-electron chi connectivity index (χ3n) is 3.61. The number of carboxylic acids is 1. The maximum Gasteiger partial charge on any atom is 0.303 e. The minimum atomic E-state index is -0.757. The van der Waals surface area contributed by atoms with Gasteiger partial charge in [-0.1, -0.05) is 36.4 Å². The first-order valence-electron chi connectivity index (χ1n) is 7.82. The summed E-state index contributed by atoms with van der Waals surface area (Å²) in [7, 11) is 0. The van der Waals surface area contributed by atoms with Gasteiger partial charge in [-0.15, -0.1) is 0 Å². The summed E-state index contributed by atoms with van der Waals surface area (Å²) >= 11 is 0. The molecule has 0 spiro atoms. The Hall–Kier alpha value is -2.46. The third kappa shape index (κ3) is 5.34. The number of hydrogen-bond donors (Lipinski definition) is 2. The molecule has 0 aliphatic rings. The molecule has 0 aliphatic heterocycles. The highest BCUT2D eigenvalue weighted by atomic mass is 16.4. The van der Waals surface area contributed by atoms with Crippen LogP contribution in [0.5, 0.6) is 0 Å². The lowest BCUT2D eigenvalue weighted by molar-refractivity contribution is -0.137. The molecule has 1 aromatic carbocycles. The first kappa shape index (κ1) is 16.9. The van der Waals surface area contributed by atoms with Crippen LogP contribution in [-0.2, 0) is 11.2 Å². The summed E-state index contributed by atoms with van der Waals surface area (Å²) in [6, 6.07) is 12.3. The number of aliphatic carboxylic acids is 1. The molecule has 0 unspecified atom stereocenters. The van der Waals surface area contributed by atoms with Crippen molar-refractivity contribution >= 4 is 11.5 Å². The summed E-state index contributed by atoms with van der Waals surface area (Å²) in [5.41, 5.74) is 10.0. The van der Waals surface area contributed by atoms with Gasteiger partial charge in [-0.05, 0) is 48.6 Å². The molecule has 4 nitrogen and oxygen atoms in total. The van der Waals surface area contributed by atoms with Gasteiger partial charge in [0.2, 0.25) is 0 Å². The number of aromatic nitrogens is 1. The summed E-state index contributed by atoms with van der Waals surface area (Å²) in [6.45, 7) is 0.639. The number of pyridine rings is 1. The predicted molar refractivity (Wildman–Crippen MR) is 92.0 cm³/mol. The van der Waals surface area contributed by atoms with Crippen LogP contribution in [0.3, 0.4) is 0 Å². The number of nitrogens with two attached hydrogens (primary N) is 1. The third-order valence-corrected chi connectivity index (χ3v) is 3.61. The van der Waals surface area contributed by atoms with Gasteiger partial charge in [-0.3, -0.25) is 9.78 Å². The Bertz CT molecular complexity index is 649. The van der Waals surface area contributed by atoms with Crippen molar-refractivity contribution in [1.29, 1.82) is 0 Å². The highest BCUT2D eigenvalue weighted by Gasteiger charge is 2.06. The Labute approximate surface area is 136 Å². The van der Waals surface area contributed by atoms with Gasteiger partial charge < -0.3 is 10.8 Å². The number of unbranched alkanes of at least 4 members (excludes halogenated alkanes) is 1. The van der Waals surface area contributed by atoms with E-state index in [1.165, 1.54) is 5.56 Å². The van der Waals surface area contributed by atoms with Gasteiger partial charge in [0.15, 0.2) is 0 Å². The Morgan fingerprint density at radius 3 is 2.57 bits per heavy atom. The number of hydrogen-bond acceptors (Lipinski definition) is 3. The topological polar surface area (TPSA) is 76.2 Å². The molecule has 4 heteroatoms. The highest BCUT2D eigenvalue weighted by Crippen LogP contribution is 2.24. The van der Waals surface area contributed by atoms with Gasteiger partial charge in [0.05, 0.1) is 0 Å². The molecule has 1 heterocycles. The predicted octanol–water partition coefficient (Wildman–Crippen LogP) is 3.27. The maximum absolute atomic E-state index is 10.6. The molecule has 1 aromatic heterocycles. The molecular formula is C19H22N2O2. The minimum absolute atomic E-state index is 0.187. The van der Waals surface area contributed by atoms with Gasteiger partial charge in [-0.25, -0.2) is 0 Å². The van der Waals surface area contributed by atoms with Gasteiger partial charge >= 0.3 is 5.97 Å². The molecule has 0 amide bonds. The van der Waals surface area contributed by atoms with E-state index in [-0.39, 0.29) is 6.42 Å². The quantitative estimate of drug-likeness (QED) is 0.734. The van der Waals surface area contributed by atoms with Crippen molar-refractivity contribution in [2.75, 3.05) is 6.54 Å². The second-order valence-corrected chi connectivity index (χ2v) is 5.38. The summed E-state index contributed by atoms with van der Waals surface area (Å²) < 4.78 is 0. The number of carboxylic acid groups (broad SMARTS) is 1. The molecule has 2 aromatic rings. The average Bonchev–Trinajstić information content (AvgIpc) is 2.57. The lowest BCUT2D eigenvalue weighted by atomic mass is 9.96. The number of benzene rings is 1. The molecule has 0 saturated carbocycles. The van der Waals surface area contributed by atoms with E-state index in [2.05, 4.69) is 35.3 Å². The minimum Gasteiger partial charge on any atom is -0.481 e. The van der Waals surface area contributed by atoms with Crippen molar-refractivity contribution in [1.82, 2.24) is 4.98 Å². The summed E-state index contributed by atoms with van der Waals surface area (Å²) in [5, 5.41) is 8.75. The Kier molecular flexibility index (Phi) is 6.51. The van der Waals surface area contributed by atoms with Crippen LogP contribution < -0.4 is 5.73 Å². The van der Waals surface area contributed by atoms with Crippen LogP contribution in [0.15, 0.2) is 54.9 Å². The fraction of sp³-hybridized carbons (Fsp3) is 0.263. The Balaban J connectivity index is 2.22. The molecule has 0 radical (unpaired) electrons. The zero-order valence-electron chi connectivity index (χ0n) is 13.1. The van der Waals surface area contributed by atoms with E-state index in [4.69, 9.17) is 10.8 Å². The van der Waals surface area contributed by atoms with Crippen LogP contribution in [0, 0.1) is 0 Å². The zero-order chi connectivity index (χ0) is 16.5. The first-order valence-corrected chi connectivity index (χ1v) is 7.82. The van der Waals surface area contributed by atoms with Crippen molar-refractivity contribution < 1.29 is 9.90 Å². The van der Waals surface area contributed by atoms with Crippen LogP contribution in [0.4, 0.5) is 0 Å². The lowest BCUT2D eigenvalue weighted by Crippen LogP contribution is -2.02. The van der Waals surface area contributed by atoms with E-state index in [1.807, 2.05) is 18.3 Å². The van der Waals surface area contributed by atoms with Crippen LogP contribution in [0.2, 0.25) is 0 Å². The van der Waals surface area contributed by atoms with Gasteiger partial charge in [0, 0.05) is 24.4 Å². The van der Waals surface area contributed by atoms with E-state index in [9.17, 15) is 4.79 Å². The lowest BCUT2D eigenvalue weighted by Gasteiger charge is -2.09. The van der Waals surface area contributed by atoms with E-state index < -0.39 is 5.97 Å². The Morgan fingerprint density at radius 1 is 1.17 bits per heavy atom. The largest absolute Gasteiger partial charge is 0.481 e. The molecule has 2 rings (SSSR count). The van der Waals surface area contributed by atoms with E-state index in [1.54, 1.807) is 6.20 Å². The van der Waals surface area contributed by atoms with Crippen LogP contribution in [0.25, 0.3) is 5.57 Å². The van der Waals surface area contributed by atoms with Gasteiger partial charge in [0.1, 0.15) is 0 Å². The van der Waals surface area contributed by atoms with Crippen LogP contribution in [-0.4, -0.2) is 22.6 Å². The number of carbonyl (C=O) groups is 1. The van der Waals surface area contributed by atoms with Crippen molar-refractivity contribution in [2.45, 2.75) is 25.7 Å². The van der Waals surface area contributed by atoms with Crippen molar-refractivity contribution in [3.63, 3.8) is 0 Å². The van der Waals surface area contributed by atoms with Crippen LogP contribution in [0.1, 0.15) is 36.0 Å². The van der Waals surface area contributed by atoms with E-state index >= 15 is 0 Å². The van der Waals surface area contributed by atoms with E-state index in [0.717, 1.165) is 29.5 Å². The maximum atomic E-state index is 10.6. The second kappa shape index (κ2) is 8.86. The number of allylic oxidation sites excluding steroid dienone is 1. The van der Waals surface area contributed by atoms with Gasteiger partial charge in [0.25, 0.3) is 0 Å². The molecule has 120 valence electrons. The smallest absolute Gasteiger partial charge is 0.303 e. The van der Waals surface area contributed by atoms with Gasteiger partial charge in [-0.2, -0.15) is 0 Å². The van der Waals surface area contributed by atoms with E-state index in [0.29, 0.717) is 13.0 Å². The SMILES string of the molecule is NCCc1ccc(/C(=C/CCCC(=O)O)c2cccnc2)cc1. The number of rotatable bonds is 8. The van der Waals surface area contributed by atoms with Crippen molar-refractivity contribution in [3.8, 4) is 0 Å². The second-order valence-electron chi connectivity index (χ2n) is 5.38. The molecule has 0 atom stereocenters. The average molecular weight is 310 g/mol. The fourth-order valence-corrected chi connectivity index (χ4v) is 2.44. The normalized spacial score (nSPS) is 11.4. The summed E-state index contributed by atoms with van der Waals surface area (Å²) in [6.07, 6.45) is 8.08. The van der Waals surface area contributed by atoms with Crippen molar-refractivity contribution in [3.05, 3.63) is 71.6 Å². The molecule has 0 aliphatic carbocycles. The Morgan fingerprint density at radius 2 is 1.96 bits per heavy atom. The molecule has 0 saturated heterocycles. The molecule has 23 heavy (non-hydrogen) atoms. The highest BCUT2D eigenvalue weighted by molar-refractivity contribution is 5.79. The number of nitrogens with zero attached hydrogens (tertiary/aromatic N) is 1. The van der Waals surface area contributed by atoms with Crippen molar-refractivity contribution in [2.24, 2.45) is 5.73 Å². The van der Waals surface area contributed by atoms with Crippen LogP contribution >= 0.6 is 0 Å². The molecule has 3 N–H and O–H groups in total. The standard InChI is InChI=1S/C19H22N2O2/c20-12-11-15-7-9-16(10-8-15)18(5-1-2-6-19(22)23)17-4-3-13-21-14-17/h3-5,7-10,13-14H,1-2,6,11-12,20H2,(H,22,23)/b18-5-. The summed E-state index contributed by atoms with van der Waals surface area (Å²) in [4.78, 5) is 14.8.